The van der Waals surface area contributed by atoms with Crippen molar-refractivity contribution >= 4 is 5.91 Å². The van der Waals surface area contributed by atoms with Gasteiger partial charge in [0, 0.05) is 23.9 Å². The van der Waals surface area contributed by atoms with Crippen LogP contribution in [0.4, 0.5) is 0 Å². The molecule has 1 saturated carbocycles. The van der Waals surface area contributed by atoms with Gasteiger partial charge in [0.2, 0.25) is 5.91 Å². The van der Waals surface area contributed by atoms with Gasteiger partial charge in [0.05, 0.1) is 0 Å². The number of carbonyl (C=O) groups excluding carboxylic acids is 1. The molecule has 3 N–H and O–H groups in total. The molecule has 120 valence electrons. The Kier molecular flexibility index (Phi) is 4.51. The Morgan fingerprint density at radius 2 is 1.91 bits per heavy atom. The molecule has 1 atom stereocenters. The van der Waals surface area contributed by atoms with Crippen LogP contribution in [0.1, 0.15) is 42.7 Å². The lowest BCUT2D eigenvalue weighted by Gasteiger charge is -2.27. The molecule has 0 aliphatic heterocycles. The van der Waals surface area contributed by atoms with Crippen molar-refractivity contribution in [1.82, 2.24) is 5.32 Å². The van der Waals surface area contributed by atoms with Crippen molar-refractivity contribution in [2.24, 2.45) is 0 Å². The summed E-state index contributed by atoms with van der Waals surface area (Å²) < 4.78 is 0. The van der Waals surface area contributed by atoms with Gasteiger partial charge >= 0.3 is 0 Å². The van der Waals surface area contributed by atoms with E-state index in [0.717, 1.165) is 18.4 Å². The van der Waals surface area contributed by atoms with Gasteiger partial charge in [-0.3, -0.25) is 4.79 Å². The Bertz CT molecular complexity index is 695. The third-order valence-corrected chi connectivity index (χ3v) is 4.44. The number of para-hydroxylation sites is 1. The minimum atomic E-state index is -0.289. The van der Waals surface area contributed by atoms with Gasteiger partial charge in [0.1, 0.15) is 11.5 Å². The minimum absolute atomic E-state index is 0.0219. The van der Waals surface area contributed by atoms with E-state index in [-0.39, 0.29) is 35.8 Å². The summed E-state index contributed by atoms with van der Waals surface area (Å²) in [5, 5.41) is 22.9. The smallest absolute Gasteiger partial charge is 0.221 e. The van der Waals surface area contributed by atoms with E-state index >= 15 is 0 Å². The Morgan fingerprint density at radius 1 is 1.13 bits per heavy atom. The number of aromatic hydroxyl groups is 2. The second-order valence-corrected chi connectivity index (χ2v) is 6.11. The van der Waals surface area contributed by atoms with Gasteiger partial charge < -0.3 is 15.5 Å². The molecule has 1 aliphatic carbocycles. The summed E-state index contributed by atoms with van der Waals surface area (Å²) in [5.74, 6) is 0.00859. The fourth-order valence-electron chi connectivity index (χ4n) is 2.96. The van der Waals surface area contributed by atoms with E-state index in [1.165, 1.54) is 6.42 Å². The molecule has 0 spiro atoms. The van der Waals surface area contributed by atoms with Crippen LogP contribution in [0, 0.1) is 0 Å². The van der Waals surface area contributed by atoms with E-state index in [1.54, 1.807) is 30.3 Å². The maximum Gasteiger partial charge on any atom is 0.221 e. The lowest BCUT2D eigenvalue weighted by Crippen LogP contribution is -2.40. The van der Waals surface area contributed by atoms with Crippen LogP contribution in [0.25, 0.3) is 0 Å². The number of hydrogen-bond acceptors (Lipinski definition) is 3. The van der Waals surface area contributed by atoms with Gasteiger partial charge in [-0.05, 0) is 43.0 Å². The van der Waals surface area contributed by atoms with Crippen molar-refractivity contribution in [2.75, 3.05) is 0 Å². The van der Waals surface area contributed by atoms with Crippen molar-refractivity contribution < 1.29 is 15.0 Å². The van der Waals surface area contributed by atoms with Crippen molar-refractivity contribution in [3.8, 4) is 11.5 Å². The predicted molar refractivity (Wildman–Crippen MR) is 88.5 cm³/mol. The monoisotopic (exact) mass is 311 g/mol. The molecule has 1 fully saturated rings. The average Bonchev–Trinajstić information content (AvgIpc) is 2.49. The van der Waals surface area contributed by atoms with Crippen LogP contribution in [0.15, 0.2) is 48.5 Å². The van der Waals surface area contributed by atoms with Crippen LogP contribution in [-0.4, -0.2) is 22.2 Å². The molecule has 2 aromatic rings. The largest absolute Gasteiger partial charge is 0.508 e. The van der Waals surface area contributed by atoms with Gasteiger partial charge in [-0.1, -0.05) is 30.3 Å². The molecule has 0 heterocycles. The summed E-state index contributed by atoms with van der Waals surface area (Å²) in [4.78, 5) is 12.3. The quantitative estimate of drug-likeness (QED) is 0.793. The van der Waals surface area contributed by atoms with Gasteiger partial charge in [-0.15, -0.1) is 0 Å². The highest BCUT2D eigenvalue weighted by Gasteiger charge is 2.24. The summed E-state index contributed by atoms with van der Waals surface area (Å²) in [6, 6.07) is 14.2. The van der Waals surface area contributed by atoms with E-state index in [9.17, 15) is 15.0 Å². The van der Waals surface area contributed by atoms with Crippen molar-refractivity contribution in [1.29, 1.82) is 0 Å². The van der Waals surface area contributed by atoms with E-state index in [1.807, 2.05) is 18.2 Å². The molecule has 0 unspecified atom stereocenters. The zero-order valence-electron chi connectivity index (χ0n) is 12.9. The summed E-state index contributed by atoms with van der Waals surface area (Å²) in [5.41, 5.74) is 1.51. The molecule has 0 bridgehead atoms. The Labute approximate surface area is 135 Å². The SMILES string of the molecule is O=C(C[C@@H](c1cccc(O)c1)c1ccccc1O)NC1CCC1. The van der Waals surface area contributed by atoms with Gasteiger partial charge in [-0.2, -0.15) is 0 Å². The first kappa shape index (κ1) is 15.4. The normalized spacial score (nSPS) is 15.7. The van der Waals surface area contributed by atoms with Crippen molar-refractivity contribution in [2.45, 2.75) is 37.6 Å². The molecule has 4 heteroatoms. The van der Waals surface area contributed by atoms with Gasteiger partial charge in [0.15, 0.2) is 0 Å². The summed E-state index contributed by atoms with van der Waals surface area (Å²) >= 11 is 0. The molecular weight excluding hydrogens is 290 g/mol. The van der Waals surface area contributed by atoms with Crippen LogP contribution in [-0.2, 0) is 4.79 Å². The lowest BCUT2D eigenvalue weighted by molar-refractivity contribution is -0.122. The van der Waals surface area contributed by atoms with Crippen LogP contribution >= 0.6 is 0 Å². The molecule has 2 aromatic carbocycles. The topological polar surface area (TPSA) is 69.6 Å². The minimum Gasteiger partial charge on any atom is -0.508 e. The molecule has 0 aromatic heterocycles. The summed E-state index contributed by atoms with van der Waals surface area (Å²) in [7, 11) is 0. The summed E-state index contributed by atoms with van der Waals surface area (Å²) in [6.07, 6.45) is 3.50. The van der Waals surface area contributed by atoms with Crippen LogP contribution in [0.5, 0.6) is 11.5 Å². The highest BCUT2D eigenvalue weighted by atomic mass is 16.3. The van der Waals surface area contributed by atoms with Crippen LogP contribution in [0.3, 0.4) is 0 Å². The molecule has 0 radical (unpaired) electrons. The Balaban J connectivity index is 1.86. The van der Waals surface area contributed by atoms with Crippen molar-refractivity contribution in [3.63, 3.8) is 0 Å². The van der Waals surface area contributed by atoms with Crippen LogP contribution in [0.2, 0.25) is 0 Å². The second-order valence-electron chi connectivity index (χ2n) is 6.11. The molecular formula is C19H21NO3. The standard InChI is InChI=1S/C19H21NO3/c21-15-8-3-5-13(11-15)17(16-9-1-2-10-18(16)22)12-19(23)20-14-6-4-7-14/h1-3,5,8-11,14,17,21-22H,4,6-7,12H2,(H,20,23)/t17-/m0/s1. The number of rotatable bonds is 5. The Hall–Kier alpha value is -2.49. The number of phenols is 2. The van der Waals surface area contributed by atoms with Crippen LogP contribution < -0.4 is 5.32 Å². The van der Waals surface area contributed by atoms with E-state index in [0.29, 0.717) is 5.56 Å². The molecule has 3 rings (SSSR count). The molecule has 0 saturated heterocycles. The van der Waals surface area contributed by atoms with Gasteiger partial charge in [0.25, 0.3) is 0 Å². The highest BCUT2D eigenvalue weighted by molar-refractivity contribution is 5.78. The highest BCUT2D eigenvalue weighted by Crippen LogP contribution is 2.35. The lowest BCUT2D eigenvalue weighted by atomic mass is 9.86. The molecule has 4 nitrogen and oxygen atoms in total. The third kappa shape index (κ3) is 3.65. The van der Waals surface area contributed by atoms with E-state index < -0.39 is 0 Å². The number of hydrogen-bond donors (Lipinski definition) is 3. The number of nitrogens with one attached hydrogen (secondary N) is 1. The van der Waals surface area contributed by atoms with E-state index in [4.69, 9.17) is 0 Å². The first-order chi connectivity index (χ1) is 11.1. The third-order valence-electron chi connectivity index (χ3n) is 4.44. The number of amides is 1. The molecule has 1 amide bonds. The zero-order valence-corrected chi connectivity index (χ0v) is 12.9. The first-order valence-electron chi connectivity index (χ1n) is 7.99. The maximum atomic E-state index is 12.3. The zero-order chi connectivity index (χ0) is 16.2. The maximum absolute atomic E-state index is 12.3. The first-order valence-corrected chi connectivity index (χ1v) is 7.99. The second kappa shape index (κ2) is 6.73. The molecule has 1 aliphatic rings. The number of benzene rings is 2. The van der Waals surface area contributed by atoms with Gasteiger partial charge in [-0.25, -0.2) is 0 Å². The fraction of sp³-hybridized carbons (Fsp3) is 0.316. The average molecular weight is 311 g/mol. The summed E-state index contributed by atoms with van der Waals surface area (Å²) in [6.45, 7) is 0. The Morgan fingerprint density at radius 3 is 2.57 bits per heavy atom. The van der Waals surface area contributed by atoms with E-state index in [2.05, 4.69) is 5.32 Å². The predicted octanol–water partition coefficient (Wildman–Crippen LogP) is 3.29. The van der Waals surface area contributed by atoms with Crippen molar-refractivity contribution in [3.05, 3.63) is 59.7 Å². The number of carbonyl (C=O) groups is 1. The molecule has 23 heavy (non-hydrogen) atoms. The fourth-order valence-corrected chi connectivity index (χ4v) is 2.96. The number of phenolic OH excluding ortho intramolecular Hbond substituents is 2.